The molecule has 0 aliphatic carbocycles. The Bertz CT molecular complexity index is 1390. The molecule has 4 rings (SSSR count). The maximum absolute atomic E-state index is 12.8. The van der Waals surface area contributed by atoms with E-state index in [0.717, 1.165) is 16.7 Å². The second-order valence-electron chi connectivity index (χ2n) is 8.26. The van der Waals surface area contributed by atoms with E-state index in [9.17, 15) is 19.5 Å². The van der Waals surface area contributed by atoms with Gasteiger partial charge < -0.3 is 19.1 Å². The number of aryl methyl sites for hydroxylation is 1. The Hall–Kier alpha value is -4.39. The zero-order valence-corrected chi connectivity index (χ0v) is 19.5. The number of aliphatic carboxylic acids is 1. The molecule has 0 aliphatic rings. The summed E-state index contributed by atoms with van der Waals surface area (Å²) in [6.07, 6.45) is 0. The van der Waals surface area contributed by atoms with E-state index >= 15 is 0 Å². The predicted octanol–water partition coefficient (Wildman–Crippen LogP) is 4.91. The highest BCUT2D eigenvalue weighted by molar-refractivity contribution is 6.42. The van der Waals surface area contributed by atoms with E-state index in [1.54, 1.807) is 18.2 Å². The molecular weight excluding hydrogens is 446 g/mol. The van der Waals surface area contributed by atoms with Crippen LogP contribution in [0.25, 0.3) is 10.9 Å². The first-order valence-corrected chi connectivity index (χ1v) is 11.1. The van der Waals surface area contributed by atoms with Gasteiger partial charge in [-0.05, 0) is 36.2 Å². The van der Waals surface area contributed by atoms with Gasteiger partial charge in [0.1, 0.15) is 19.0 Å². The normalized spacial score (nSPS) is 10.8. The number of hydrogen-bond acceptors (Lipinski definition) is 5. The molecule has 0 unspecified atom stereocenters. The van der Waals surface area contributed by atoms with Gasteiger partial charge in [-0.1, -0.05) is 60.2 Å². The number of fused-ring (bicyclic) bond motifs is 1. The first-order valence-electron chi connectivity index (χ1n) is 11.1. The van der Waals surface area contributed by atoms with Crippen LogP contribution in [0, 0.1) is 6.92 Å². The first kappa shape index (κ1) is 23.8. The molecule has 0 amide bonds. The number of aromatic nitrogens is 1. The lowest BCUT2D eigenvalue weighted by Gasteiger charge is -2.12. The Labute approximate surface area is 202 Å². The van der Waals surface area contributed by atoms with Crippen molar-refractivity contribution < 1.29 is 29.0 Å². The van der Waals surface area contributed by atoms with E-state index in [4.69, 9.17) is 9.47 Å². The van der Waals surface area contributed by atoms with E-state index in [1.165, 1.54) is 6.92 Å². The van der Waals surface area contributed by atoms with Crippen molar-refractivity contribution in [1.29, 1.82) is 0 Å². The third kappa shape index (κ3) is 5.41. The quantitative estimate of drug-likeness (QED) is 0.212. The summed E-state index contributed by atoms with van der Waals surface area (Å²) in [6.45, 7) is 3.70. The van der Waals surface area contributed by atoms with Crippen LogP contribution in [-0.2, 0) is 34.1 Å². The third-order valence-electron chi connectivity index (χ3n) is 5.69. The number of hydrogen-bond donors (Lipinski definition) is 1. The molecule has 1 aromatic heterocycles. The van der Waals surface area contributed by atoms with Gasteiger partial charge >= 0.3 is 11.9 Å². The third-order valence-corrected chi connectivity index (χ3v) is 5.69. The lowest BCUT2D eigenvalue weighted by Crippen LogP contribution is -2.17. The van der Waals surface area contributed by atoms with Crippen molar-refractivity contribution in [3.05, 3.63) is 101 Å². The summed E-state index contributed by atoms with van der Waals surface area (Å²) in [5.41, 5.74) is 3.99. The van der Waals surface area contributed by atoms with Crippen LogP contribution in [-0.4, -0.2) is 27.4 Å². The van der Waals surface area contributed by atoms with Crippen molar-refractivity contribution in [3.63, 3.8) is 0 Å². The molecule has 0 atom stereocenters. The summed E-state index contributed by atoms with van der Waals surface area (Å²) < 4.78 is 13.0. The van der Waals surface area contributed by atoms with E-state index in [2.05, 4.69) is 0 Å². The maximum Gasteiger partial charge on any atom is 0.377 e. The summed E-state index contributed by atoms with van der Waals surface area (Å²) in [6, 6.07) is 22.7. The molecule has 0 bridgehead atoms. The minimum atomic E-state index is -1.58. The lowest BCUT2D eigenvalue weighted by atomic mass is 10.1. The monoisotopic (exact) mass is 471 g/mol. The molecular formula is C28H25NO6. The number of carbonyl (C=O) groups excluding carboxylic acids is 2. The van der Waals surface area contributed by atoms with Crippen molar-refractivity contribution in [2.45, 2.75) is 33.6 Å². The van der Waals surface area contributed by atoms with Crippen molar-refractivity contribution in [2.75, 3.05) is 0 Å². The number of carboxylic acids is 1. The van der Waals surface area contributed by atoms with Crippen LogP contribution >= 0.6 is 0 Å². The molecule has 35 heavy (non-hydrogen) atoms. The standard InChI is InChI=1S/C28H25NO6/c1-18-8-10-20(11-9-18)15-29-24-13-12-22(35-16-21-6-4-3-5-7-21)14-23(24)26(27(31)28(32)33)25(29)17-34-19(2)30/h3-14H,15-17H2,1-2H3,(H,32,33). The number of esters is 1. The number of nitrogens with zero attached hydrogens (tertiary/aromatic N) is 1. The molecule has 1 N–H and O–H groups in total. The number of benzene rings is 3. The van der Waals surface area contributed by atoms with E-state index < -0.39 is 17.7 Å². The molecule has 178 valence electrons. The molecule has 0 spiro atoms. The van der Waals surface area contributed by atoms with Crippen LogP contribution in [0.5, 0.6) is 5.75 Å². The number of carboxylic acid groups (broad SMARTS) is 1. The zero-order chi connectivity index (χ0) is 24.9. The average Bonchev–Trinajstić information content (AvgIpc) is 3.15. The smallest absolute Gasteiger partial charge is 0.377 e. The van der Waals surface area contributed by atoms with Gasteiger partial charge in [0, 0.05) is 24.4 Å². The molecule has 4 aromatic rings. The van der Waals surface area contributed by atoms with Crippen molar-refractivity contribution in [3.8, 4) is 5.75 Å². The summed E-state index contributed by atoms with van der Waals surface area (Å²) in [4.78, 5) is 36.1. The van der Waals surface area contributed by atoms with Crippen LogP contribution in [0.3, 0.4) is 0 Å². The summed E-state index contributed by atoms with van der Waals surface area (Å²) >= 11 is 0. The first-order chi connectivity index (χ1) is 16.8. The molecule has 1 heterocycles. The Morgan fingerprint density at radius 1 is 0.886 bits per heavy atom. The number of Topliss-reactive ketones (excluding diaryl/α,β-unsaturated/α-hetero) is 1. The molecule has 0 saturated carbocycles. The van der Waals surface area contributed by atoms with Crippen LogP contribution < -0.4 is 4.74 Å². The van der Waals surface area contributed by atoms with Gasteiger partial charge in [-0.15, -0.1) is 0 Å². The predicted molar refractivity (Wildman–Crippen MR) is 130 cm³/mol. The topological polar surface area (TPSA) is 94.8 Å². The number of ketones is 1. The van der Waals surface area contributed by atoms with Gasteiger partial charge in [-0.2, -0.15) is 0 Å². The molecule has 0 aliphatic heterocycles. The Morgan fingerprint density at radius 3 is 2.26 bits per heavy atom. The number of rotatable bonds is 9. The number of carbonyl (C=O) groups is 3. The van der Waals surface area contributed by atoms with Crippen LogP contribution in [0.15, 0.2) is 72.8 Å². The molecule has 0 saturated heterocycles. The van der Waals surface area contributed by atoms with E-state index in [-0.39, 0.29) is 12.2 Å². The summed E-state index contributed by atoms with van der Waals surface area (Å²) in [5, 5.41) is 9.98. The van der Waals surface area contributed by atoms with E-state index in [0.29, 0.717) is 35.5 Å². The van der Waals surface area contributed by atoms with Gasteiger partial charge in [0.05, 0.1) is 11.3 Å². The summed E-state index contributed by atoms with van der Waals surface area (Å²) in [5.74, 6) is -2.69. The molecule has 0 fully saturated rings. The Kier molecular flexibility index (Phi) is 6.96. The van der Waals surface area contributed by atoms with Gasteiger partial charge in [-0.25, -0.2) is 4.79 Å². The highest BCUT2D eigenvalue weighted by atomic mass is 16.5. The van der Waals surface area contributed by atoms with Crippen LogP contribution in [0.4, 0.5) is 0 Å². The highest BCUT2D eigenvalue weighted by Crippen LogP contribution is 2.32. The second-order valence-corrected chi connectivity index (χ2v) is 8.26. The minimum Gasteiger partial charge on any atom is -0.489 e. The van der Waals surface area contributed by atoms with Crippen molar-refractivity contribution in [1.82, 2.24) is 4.57 Å². The van der Waals surface area contributed by atoms with E-state index in [1.807, 2.05) is 66.1 Å². The maximum atomic E-state index is 12.8. The Balaban J connectivity index is 1.83. The minimum absolute atomic E-state index is 0.00831. The van der Waals surface area contributed by atoms with Crippen molar-refractivity contribution in [2.24, 2.45) is 0 Å². The Morgan fingerprint density at radius 2 is 1.60 bits per heavy atom. The molecule has 3 aromatic carbocycles. The number of ether oxygens (including phenoxy) is 2. The fourth-order valence-corrected chi connectivity index (χ4v) is 3.95. The fraction of sp³-hybridized carbons (Fsp3) is 0.179. The zero-order valence-electron chi connectivity index (χ0n) is 19.5. The van der Waals surface area contributed by atoms with Gasteiger partial charge in [-0.3, -0.25) is 9.59 Å². The molecule has 7 heteroatoms. The fourth-order valence-electron chi connectivity index (χ4n) is 3.95. The average molecular weight is 472 g/mol. The SMILES string of the molecule is CC(=O)OCc1c(C(=O)C(=O)O)c2cc(OCc3ccccc3)ccc2n1Cc1ccc(C)cc1. The molecule has 7 nitrogen and oxygen atoms in total. The second kappa shape index (κ2) is 10.3. The van der Waals surface area contributed by atoms with Gasteiger partial charge in [0.25, 0.3) is 5.78 Å². The van der Waals surface area contributed by atoms with Crippen LogP contribution in [0.2, 0.25) is 0 Å². The highest BCUT2D eigenvalue weighted by Gasteiger charge is 2.28. The van der Waals surface area contributed by atoms with Crippen molar-refractivity contribution >= 4 is 28.6 Å². The van der Waals surface area contributed by atoms with Gasteiger partial charge in [0.15, 0.2) is 0 Å². The molecule has 0 radical (unpaired) electrons. The van der Waals surface area contributed by atoms with Crippen LogP contribution in [0.1, 0.15) is 39.7 Å². The lowest BCUT2D eigenvalue weighted by molar-refractivity contribution is -0.142. The summed E-state index contributed by atoms with van der Waals surface area (Å²) in [7, 11) is 0. The van der Waals surface area contributed by atoms with Gasteiger partial charge in [0.2, 0.25) is 0 Å². The largest absolute Gasteiger partial charge is 0.489 e.